The summed E-state index contributed by atoms with van der Waals surface area (Å²) < 4.78 is 7.90. The van der Waals surface area contributed by atoms with Crippen molar-refractivity contribution >= 4 is 10.9 Å². The van der Waals surface area contributed by atoms with Crippen molar-refractivity contribution in [1.29, 1.82) is 0 Å². The number of rotatable bonds is 8. The maximum absolute atomic E-state index is 6.83. The fourth-order valence-electron chi connectivity index (χ4n) is 6.40. The van der Waals surface area contributed by atoms with E-state index >= 15 is 0 Å². The number of pyridine rings is 1. The summed E-state index contributed by atoms with van der Waals surface area (Å²) in [5.41, 5.74) is 5.04. The van der Waals surface area contributed by atoms with E-state index in [1.165, 1.54) is 41.5 Å². The van der Waals surface area contributed by atoms with E-state index < -0.39 is 0 Å². The number of hydrogen-bond acceptors (Lipinski definition) is 2. The first kappa shape index (κ1) is 23.0. The Hall–Kier alpha value is -2.75. The number of benzene rings is 2. The summed E-state index contributed by atoms with van der Waals surface area (Å²) in [6.07, 6.45) is 8.87. The van der Waals surface area contributed by atoms with Gasteiger partial charge < -0.3 is 9.22 Å². The monoisotopic (exact) mass is 453 g/mol. The quantitative estimate of drug-likeness (QED) is 0.274. The van der Waals surface area contributed by atoms with Crippen molar-refractivity contribution in [3.05, 3.63) is 102 Å². The summed E-state index contributed by atoms with van der Waals surface area (Å²) in [4.78, 5) is 4.65. The lowest BCUT2D eigenvalue weighted by Crippen LogP contribution is -2.67. The molecule has 34 heavy (non-hydrogen) atoms. The van der Waals surface area contributed by atoms with Crippen LogP contribution in [0, 0.1) is 11.8 Å². The van der Waals surface area contributed by atoms with E-state index in [4.69, 9.17) is 4.74 Å². The van der Waals surface area contributed by atoms with Crippen LogP contribution in [0.3, 0.4) is 0 Å². The Kier molecular flexibility index (Phi) is 6.67. The van der Waals surface area contributed by atoms with Crippen LogP contribution in [-0.4, -0.2) is 35.2 Å². The number of para-hydroxylation sites is 1. The van der Waals surface area contributed by atoms with Gasteiger partial charge in [0.05, 0.1) is 25.2 Å². The first-order chi connectivity index (χ1) is 16.6. The summed E-state index contributed by atoms with van der Waals surface area (Å²) in [5, 5.41) is 1.22. The van der Waals surface area contributed by atoms with Gasteiger partial charge in [0.25, 0.3) is 0 Å². The number of aromatic nitrogens is 1. The zero-order valence-corrected chi connectivity index (χ0v) is 20.6. The van der Waals surface area contributed by atoms with Crippen LogP contribution in [0.4, 0.5) is 0 Å². The third-order valence-corrected chi connectivity index (χ3v) is 8.12. The number of fused-ring (bicyclic) bond motifs is 4. The van der Waals surface area contributed by atoms with Crippen molar-refractivity contribution in [3.63, 3.8) is 0 Å². The third-order valence-electron chi connectivity index (χ3n) is 8.12. The normalized spacial score (nSPS) is 26.8. The molecule has 0 spiro atoms. The molecule has 1 aromatic heterocycles. The van der Waals surface area contributed by atoms with Crippen molar-refractivity contribution in [2.75, 3.05) is 19.7 Å². The molecule has 0 aliphatic carbocycles. The molecule has 3 aliphatic rings. The number of quaternary nitrogens is 1. The molecule has 3 nitrogen and oxygen atoms in total. The molecule has 4 heterocycles. The maximum atomic E-state index is 6.83. The SMILES string of the molecule is C=C[C@H]1C[N+]2(Cc3ccccc3)CC[C@H]1C[C@@H]2[C@@H](OCC=C(C)C)c1ccnc2ccccc12. The van der Waals surface area contributed by atoms with Crippen molar-refractivity contribution in [2.45, 2.75) is 45.4 Å². The molecule has 3 heteroatoms. The van der Waals surface area contributed by atoms with Gasteiger partial charge in [-0.3, -0.25) is 4.98 Å². The van der Waals surface area contributed by atoms with Crippen molar-refractivity contribution in [3.8, 4) is 0 Å². The lowest BCUT2D eigenvalue weighted by molar-refractivity contribution is -0.985. The summed E-state index contributed by atoms with van der Waals surface area (Å²) in [7, 11) is 0. The number of nitrogens with zero attached hydrogens (tertiary/aromatic N) is 2. The maximum Gasteiger partial charge on any atom is 0.135 e. The molecule has 2 bridgehead atoms. The Morgan fingerprint density at radius 2 is 1.91 bits per heavy atom. The lowest BCUT2D eigenvalue weighted by atomic mass is 9.71. The first-order valence-electron chi connectivity index (χ1n) is 12.7. The van der Waals surface area contributed by atoms with Crippen LogP contribution >= 0.6 is 0 Å². The highest BCUT2D eigenvalue weighted by Crippen LogP contribution is 2.49. The van der Waals surface area contributed by atoms with E-state index in [-0.39, 0.29) is 6.10 Å². The molecule has 3 saturated heterocycles. The molecule has 3 aromatic rings. The summed E-state index contributed by atoms with van der Waals surface area (Å²) in [6, 6.07) is 22.1. The number of hydrogen-bond donors (Lipinski definition) is 0. The van der Waals surface area contributed by atoms with E-state index in [2.05, 4.69) is 98.2 Å². The lowest BCUT2D eigenvalue weighted by Gasteiger charge is -2.58. The highest BCUT2D eigenvalue weighted by molar-refractivity contribution is 5.82. The molecule has 0 saturated carbocycles. The van der Waals surface area contributed by atoms with Gasteiger partial charge in [-0.1, -0.05) is 66.3 Å². The van der Waals surface area contributed by atoms with Crippen molar-refractivity contribution < 1.29 is 9.22 Å². The number of allylic oxidation sites excluding steroid dienone is 1. The van der Waals surface area contributed by atoms with Crippen molar-refractivity contribution in [1.82, 2.24) is 4.98 Å². The van der Waals surface area contributed by atoms with Crippen LogP contribution in [0.15, 0.2) is 91.2 Å². The fourth-order valence-corrected chi connectivity index (χ4v) is 6.40. The molecule has 3 aliphatic heterocycles. The fraction of sp³-hybridized carbons (Fsp3) is 0.387. The average Bonchev–Trinajstić information content (AvgIpc) is 2.87. The van der Waals surface area contributed by atoms with Gasteiger partial charge >= 0.3 is 0 Å². The molecule has 0 radical (unpaired) electrons. The molecule has 2 aromatic carbocycles. The molecular formula is C31H37N2O+. The van der Waals surface area contributed by atoms with Gasteiger partial charge in [0, 0.05) is 35.9 Å². The van der Waals surface area contributed by atoms with Gasteiger partial charge in [0.15, 0.2) is 0 Å². The predicted octanol–water partition coefficient (Wildman–Crippen LogP) is 6.87. The molecule has 3 fully saturated rings. The highest BCUT2D eigenvalue weighted by Gasteiger charge is 2.54. The number of ether oxygens (including phenoxy) is 1. The van der Waals surface area contributed by atoms with Crippen LogP contribution < -0.4 is 0 Å². The van der Waals surface area contributed by atoms with Crippen LogP contribution in [0.25, 0.3) is 10.9 Å². The molecule has 0 N–H and O–H groups in total. The largest absolute Gasteiger partial charge is 0.363 e. The van der Waals surface area contributed by atoms with Gasteiger partial charge in [-0.25, -0.2) is 0 Å². The molecular weight excluding hydrogens is 416 g/mol. The summed E-state index contributed by atoms with van der Waals surface area (Å²) in [5.74, 6) is 1.28. The minimum atomic E-state index is 0.0285. The Labute approximate surface area is 204 Å². The average molecular weight is 454 g/mol. The van der Waals surface area contributed by atoms with Crippen LogP contribution in [0.5, 0.6) is 0 Å². The van der Waals surface area contributed by atoms with Gasteiger partial charge in [-0.2, -0.15) is 0 Å². The van der Waals surface area contributed by atoms with E-state index in [1.54, 1.807) is 0 Å². The molecule has 1 unspecified atom stereocenters. The smallest absolute Gasteiger partial charge is 0.135 e. The van der Waals surface area contributed by atoms with Crippen LogP contribution in [-0.2, 0) is 11.3 Å². The third kappa shape index (κ3) is 4.47. The second kappa shape index (κ2) is 9.85. The minimum absolute atomic E-state index is 0.0285. The number of piperidine rings is 3. The molecule has 176 valence electrons. The minimum Gasteiger partial charge on any atom is -0.363 e. The zero-order chi connectivity index (χ0) is 23.5. The van der Waals surface area contributed by atoms with Gasteiger partial charge in [0.2, 0.25) is 0 Å². The van der Waals surface area contributed by atoms with Crippen LogP contribution in [0.1, 0.15) is 43.9 Å². The zero-order valence-electron chi connectivity index (χ0n) is 20.6. The molecule has 6 rings (SSSR count). The van der Waals surface area contributed by atoms with E-state index in [0.29, 0.717) is 24.5 Å². The topological polar surface area (TPSA) is 22.1 Å². The van der Waals surface area contributed by atoms with Gasteiger partial charge in [-0.05, 0) is 37.5 Å². The van der Waals surface area contributed by atoms with Gasteiger partial charge in [0.1, 0.15) is 18.7 Å². The Balaban J connectivity index is 1.59. The van der Waals surface area contributed by atoms with Crippen molar-refractivity contribution in [2.24, 2.45) is 11.8 Å². The van der Waals surface area contributed by atoms with E-state index in [9.17, 15) is 0 Å². The van der Waals surface area contributed by atoms with E-state index in [1.807, 2.05) is 6.20 Å². The summed E-state index contributed by atoms with van der Waals surface area (Å²) >= 11 is 0. The van der Waals surface area contributed by atoms with E-state index in [0.717, 1.165) is 23.1 Å². The predicted molar refractivity (Wildman–Crippen MR) is 140 cm³/mol. The molecule has 5 atom stereocenters. The Morgan fingerprint density at radius 1 is 1.12 bits per heavy atom. The highest BCUT2D eigenvalue weighted by atomic mass is 16.5. The molecule has 0 amide bonds. The second-order valence-corrected chi connectivity index (χ2v) is 10.5. The van der Waals surface area contributed by atoms with Gasteiger partial charge in [-0.15, -0.1) is 6.58 Å². The van der Waals surface area contributed by atoms with Crippen LogP contribution in [0.2, 0.25) is 0 Å². The second-order valence-electron chi connectivity index (χ2n) is 10.5. The Bertz CT molecular complexity index is 1160. The first-order valence-corrected chi connectivity index (χ1v) is 12.7. The summed E-state index contributed by atoms with van der Waals surface area (Å²) in [6.45, 7) is 12.6. The Morgan fingerprint density at radius 3 is 2.71 bits per heavy atom. The standard InChI is InChI=1S/C31H37N2O/c1-4-25-22-33(21-24-10-6-5-7-11-24)18-15-26(25)20-30(33)31(34-19-16-23(2)3)28-14-17-32-29-13-9-8-12-27(28)29/h4-14,16-17,25-26,30-31H,1,15,18-22H2,2-3H3/q+1/t25-,26-,30+,31-,33?/m0/s1.